The van der Waals surface area contributed by atoms with Crippen molar-refractivity contribution in [3.63, 3.8) is 0 Å². The van der Waals surface area contributed by atoms with Crippen molar-refractivity contribution in [3.05, 3.63) is 0 Å². The summed E-state index contributed by atoms with van der Waals surface area (Å²) in [7, 11) is -3.09. The SMILES string of the molecule is CS(=O)(=O)N1CCCC(CC(=O)C2CC3CC3C2)C1. The number of hydrogen-bond acceptors (Lipinski definition) is 3. The first kappa shape index (κ1) is 13.6. The van der Waals surface area contributed by atoms with Gasteiger partial charge in [0.2, 0.25) is 10.0 Å². The number of sulfonamides is 1. The normalized spacial score (nSPS) is 39.0. The number of carbonyl (C=O) groups excluding carboxylic acids is 1. The summed E-state index contributed by atoms with van der Waals surface area (Å²) in [5, 5.41) is 0. The molecule has 0 spiro atoms. The van der Waals surface area contributed by atoms with E-state index in [0.717, 1.165) is 37.5 Å². The van der Waals surface area contributed by atoms with Crippen molar-refractivity contribution in [1.82, 2.24) is 4.31 Å². The van der Waals surface area contributed by atoms with E-state index in [-0.39, 0.29) is 11.8 Å². The smallest absolute Gasteiger partial charge is 0.211 e. The van der Waals surface area contributed by atoms with Gasteiger partial charge in [-0.1, -0.05) is 0 Å². The van der Waals surface area contributed by atoms with Crippen LogP contribution >= 0.6 is 0 Å². The first-order chi connectivity index (χ1) is 8.93. The van der Waals surface area contributed by atoms with E-state index in [1.807, 2.05) is 0 Å². The highest BCUT2D eigenvalue weighted by Crippen LogP contribution is 2.54. The molecule has 0 amide bonds. The monoisotopic (exact) mass is 285 g/mol. The van der Waals surface area contributed by atoms with Crippen LogP contribution in [0.3, 0.4) is 0 Å². The van der Waals surface area contributed by atoms with Crippen LogP contribution in [0.1, 0.15) is 38.5 Å². The van der Waals surface area contributed by atoms with Gasteiger partial charge in [0.1, 0.15) is 5.78 Å². The first-order valence-corrected chi connectivity index (χ1v) is 9.26. The Balaban J connectivity index is 1.53. The van der Waals surface area contributed by atoms with Crippen LogP contribution < -0.4 is 0 Å². The third kappa shape index (κ3) is 3.02. The maximum absolute atomic E-state index is 12.3. The molecule has 3 atom stereocenters. The maximum Gasteiger partial charge on any atom is 0.211 e. The lowest BCUT2D eigenvalue weighted by Crippen LogP contribution is -2.40. The quantitative estimate of drug-likeness (QED) is 0.789. The average molecular weight is 285 g/mol. The highest BCUT2D eigenvalue weighted by Gasteiger charge is 2.48. The second kappa shape index (κ2) is 4.85. The molecule has 1 heterocycles. The Kier molecular flexibility index (Phi) is 3.46. The van der Waals surface area contributed by atoms with E-state index in [1.165, 1.54) is 12.7 Å². The van der Waals surface area contributed by atoms with Crippen molar-refractivity contribution in [1.29, 1.82) is 0 Å². The summed E-state index contributed by atoms with van der Waals surface area (Å²) in [5.74, 6) is 2.61. The van der Waals surface area contributed by atoms with E-state index >= 15 is 0 Å². The Morgan fingerprint density at radius 1 is 1.21 bits per heavy atom. The minimum Gasteiger partial charge on any atom is -0.299 e. The first-order valence-electron chi connectivity index (χ1n) is 7.41. The zero-order chi connectivity index (χ0) is 13.6. The van der Waals surface area contributed by atoms with E-state index in [4.69, 9.17) is 0 Å². The topological polar surface area (TPSA) is 54.5 Å². The molecule has 108 valence electrons. The molecule has 5 heteroatoms. The number of ketones is 1. The number of piperidine rings is 1. The van der Waals surface area contributed by atoms with Crippen LogP contribution in [0.4, 0.5) is 0 Å². The highest BCUT2D eigenvalue weighted by molar-refractivity contribution is 7.88. The van der Waals surface area contributed by atoms with Crippen LogP contribution in [0.5, 0.6) is 0 Å². The van der Waals surface area contributed by atoms with Gasteiger partial charge >= 0.3 is 0 Å². The van der Waals surface area contributed by atoms with Gasteiger partial charge in [0.15, 0.2) is 0 Å². The van der Waals surface area contributed by atoms with Crippen LogP contribution in [-0.4, -0.2) is 37.9 Å². The molecule has 0 aromatic carbocycles. The van der Waals surface area contributed by atoms with Crippen molar-refractivity contribution in [3.8, 4) is 0 Å². The molecule has 2 saturated carbocycles. The number of fused-ring (bicyclic) bond motifs is 1. The molecule has 1 saturated heterocycles. The summed E-state index contributed by atoms with van der Waals surface area (Å²) in [6.45, 7) is 1.17. The molecule has 3 unspecified atom stereocenters. The van der Waals surface area contributed by atoms with Crippen LogP contribution in [-0.2, 0) is 14.8 Å². The lowest BCUT2D eigenvalue weighted by molar-refractivity contribution is -0.124. The number of Topliss-reactive ketones (excluding diaryl/α,β-unsaturated/α-hetero) is 1. The zero-order valence-electron chi connectivity index (χ0n) is 11.5. The Hall–Kier alpha value is -0.420. The van der Waals surface area contributed by atoms with E-state index in [1.54, 1.807) is 4.31 Å². The fraction of sp³-hybridized carbons (Fsp3) is 0.929. The molecule has 0 aromatic rings. The Bertz CT molecular complexity index is 463. The van der Waals surface area contributed by atoms with Gasteiger partial charge < -0.3 is 0 Å². The second-order valence-corrected chi connectivity index (χ2v) is 8.71. The molecule has 19 heavy (non-hydrogen) atoms. The van der Waals surface area contributed by atoms with Gasteiger partial charge in [0, 0.05) is 25.4 Å². The van der Waals surface area contributed by atoms with Crippen molar-refractivity contribution >= 4 is 15.8 Å². The molecule has 4 nitrogen and oxygen atoms in total. The van der Waals surface area contributed by atoms with E-state index < -0.39 is 10.0 Å². The summed E-state index contributed by atoms with van der Waals surface area (Å²) < 4.78 is 24.7. The lowest BCUT2D eigenvalue weighted by Gasteiger charge is -2.31. The predicted molar refractivity (Wildman–Crippen MR) is 73.1 cm³/mol. The summed E-state index contributed by atoms with van der Waals surface area (Å²) >= 11 is 0. The molecule has 1 aliphatic heterocycles. The molecule has 2 aliphatic carbocycles. The summed E-state index contributed by atoms with van der Waals surface area (Å²) in [4.78, 5) is 12.3. The fourth-order valence-electron chi connectivity index (χ4n) is 3.92. The predicted octanol–water partition coefficient (Wildman–Crippen LogP) is 1.66. The molecule has 0 N–H and O–H groups in total. The molecule has 3 aliphatic rings. The van der Waals surface area contributed by atoms with E-state index in [9.17, 15) is 13.2 Å². The van der Waals surface area contributed by atoms with Gasteiger partial charge in [-0.3, -0.25) is 4.79 Å². The van der Waals surface area contributed by atoms with Crippen molar-refractivity contribution in [2.24, 2.45) is 23.7 Å². The number of carbonyl (C=O) groups is 1. The van der Waals surface area contributed by atoms with E-state index in [2.05, 4.69) is 0 Å². The molecular formula is C14H23NO3S. The molecule has 0 bridgehead atoms. The number of hydrogen-bond donors (Lipinski definition) is 0. The van der Waals surface area contributed by atoms with Crippen molar-refractivity contribution < 1.29 is 13.2 Å². The largest absolute Gasteiger partial charge is 0.299 e. The summed E-state index contributed by atoms with van der Waals surface area (Å²) in [5.41, 5.74) is 0. The molecular weight excluding hydrogens is 262 g/mol. The average Bonchev–Trinajstić information content (AvgIpc) is 2.95. The van der Waals surface area contributed by atoms with Crippen molar-refractivity contribution in [2.75, 3.05) is 19.3 Å². The number of rotatable bonds is 4. The van der Waals surface area contributed by atoms with Gasteiger partial charge in [0.05, 0.1) is 6.26 Å². The fourth-order valence-corrected chi connectivity index (χ4v) is 4.87. The second-order valence-electron chi connectivity index (χ2n) is 6.72. The van der Waals surface area contributed by atoms with Gasteiger partial charge in [-0.05, 0) is 49.9 Å². The third-order valence-corrected chi connectivity index (χ3v) is 6.41. The Labute approximate surface area is 115 Å². The lowest BCUT2D eigenvalue weighted by atomic mass is 9.87. The zero-order valence-corrected chi connectivity index (χ0v) is 12.4. The highest BCUT2D eigenvalue weighted by atomic mass is 32.2. The van der Waals surface area contributed by atoms with Crippen LogP contribution in [0.15, 0.2) is 0 Å². The summed E-state index contributed by atoms with van der Waals surface area (Å²) in [6.07, 6.45) is 7.29. The molecule has 0 radical (unpaired) electrons. The third-order valence-electron chi connectivity index (χ3n) is 5.14. The van der Waals surface area contributed by atoms with Gasteiger partial charge in [0.25, 0.3) is 0 Å². The Morgan fingerprint density at radius 2 is 1.89 bits per heavy atom. The summed E-state index contributed by atoms with van der Waals surface area (Å²) in [6, 6.07) is 0. The van der Waals surface area contributed by atoms with Gasteiger partial charge in [-0.25, -0.2) is 12.7 Å². The van der Waals surface area contributed by atoms with Crippen LogP contribution in [0, 0.1) is 23.7 Å². The van der Waals surface area contributed by atoms with E-state index in [0.29, 0.717) is 25.3 Å². The minimum atomic E-state index is -3.09. The minimum absolute atomic E-state index is 0.243. The maximum atomic E-state index is 12.3. The Morgan fingerprint density at radius 3 is 2.53 bits per heavy atom. The van der Waals surface area contributed by atoms with Crippen molar-refractivity contribution in [2.45, 2.75) is 38.5 Å². The standard InChI is InChI=1S/C14H23NO3S/c1-19(17,18)15-4-2-3-10(9-15)5-14(16)13-7-11-6-12(11)8-13/h10-13H,2-9H2,1H3. The van der Waals surface area contributed by atoms with Crippen LogP contribution in [0.2, 0.25) is 0 Å². The molecule has 0 aromatic heterocycles. The van der Waals surface area contributed by atoms with Gasteiger partial charge in [-0.15, -0.1) is 0 Å². The molecule has 3 fully saturated rings. The number of nitrogens with zero attached hydrogens (tertiary/aromatic N) is 1. The molecule has 3 rings (SSSR count). The van der Waals surface area contributed by atoms with Gasteiger partial charge in [-0.2, -0.15) is 0 Å². The van der Waals surface area contributed by atoms with Crippen LogP contribution in [0.25, 0.3) is 0 Å².